The molecule has 0 bridgehead atoms. The van der Waals surface area contributed by atoms with Crippen LogP contribution < -0.4 is 5.32 Å². The van der Waals surface area contributed by atoms with E-state index in [1.165, 1.54) is 29.2 Å². The largest absolute Gasteiger partial charge is 0.416 e. The highest BCUT2D eigenvalue weighted by atomic mass is 32.2. The number of rotatable bonds is 6. The third-order valence-electron chi connectivity index (χ3n) is 3.73. The van der Waals surface area contributed by atoms with Gasteiger partial charge in [0, 0.05) is 28.9 Å². The number of halogens is 3. The van der Waals surface area contributed by atoms with Gasteiger partial charge in [-0.3, -0.25) is 4.79 Å². The summed E-state index contributed by atoms with van der Waals surface area (Å²) in [5, 5.41) is 3.63. The normalized spacial score (nSPS) is 11.5. The molecule has 0 aliphatic carbocycles. The fourth-order valence-electron chi connectivity index (χ4n) is 2.55. The van der Waals surface area contributed by atoms with E-state index in [1.54, 1.807) is 12.3 Å². The zero-order valence-corrected chi connectivity index (χ0v) is 17.2. The molecule has 2 aromatic heterocycles. The summed E-state index contributed by atoms with van der Waals surface area (Å²) in [5.41, 5.74) is 1.52. The lowest BCUT2D eigenvalue weighted by Crippen LogP contribution is -2.14. The van der Waals surface area contributed by atoms with Crippen LogP contribution in [0.25, 0.3) is 0 Å². The van der Waals surface area contributed by atoms with Gasteiger partial charge in [-0.15, -0.1) is 11.3 Å². The third-order valence-corrected chi connectivity index (χ3v) is 5.49. The Morgan fingerprint density at radius 2 is 1.90 bits per heavy atom. The SMILES string of the molecule is Cc1cc(C)nc(SCC(=O)Nc2ncc(Cc3cccc(C(F)(F)F)c3)s2)n1. The number of alkyl halides is 3. The molecule has 1 N–H and O–H groups in total. The van der Waals surface area contributed by atoms with Gasteiger partial charge in [-0.25, -0.2) is 15.0 Å². The van der Waals surface area contributed by atoms with Crippen LogP contribution in [-0.2, 0) is 17.4 Å². The third kappa shape index (κ3) is 6.26. The van der Waals surface area contributed by atoms with E-state index in [9.17, 15) is 18.0 Å². The molecule has 5 nitrogen and oxygen atoms in total. The molecule has 0 radical (unpaired) electrons. The second-order valence-corrected chi connectivity index (χ2v) is 8.33. The maximum absolute atomic E-state index is 12.8. The van der Waals surface area contributed by atoms with E-state index in [0.29, 0.717) is 22.3 Å². The van der Waals surface area contributed by atoms with Crippen molar-refractivity contribution in [1.82, 2.24) is 15.0 Å². The van der Waals surface area contributed by atoms with Crippen molar-refractivity contribution < 1.29 is 18.0 Å². The standard InChI is InChI=1S/C19H17F3N4OS2/c1-11-6-12(2)25-18(24-11)28-10-16(27)26-17-23-9-15(29-17)8-13-4-3-5-14(7-13)19(20,21)22/h3-7,9H,8,10H2,1-2H3,(H,23,26,27). The molecule has 0 saturated carbocycles. The van der Waals surface area contributed by atoms with Crippen LogP contribution in [0.5, 0.6) is 0 Å². The lowest BCUT2D eigenvalue weighted by molar-refractivity contribution is -0.137. The Kier molecular flexibility index (Phi) is 6.53. The van der Waals surface area contributed by atoms with Gasteiger partial charge in [0.2, 0.25) is 5.91 Å². The Morgan fingerprint density at radius 3 is 2.59 bits per heavy atom. The maximum atomic E-state index is 12.8. The van der Waals surface area contributed by atoms with Crippen molar-refractivity contribution in [1.29, 1.82) is 0 Å². The van der Waals surface area contributed by atoms with E-state index in [4.69, 9.17) is 0 Å². The molecule has 0 saturated heterocycles. The molecule has 3 rings (SSSR count). The number of nitrogens with zero attached hydrogens (tertiary/aromatic N) is 3. The molecule has 0 atom stereocenters. The first-order valence-corrected chi connectivity index (χ1v) is 10.3. The first-order valence-electron chi connectivity index (χ1n) is 8.55. The van der Waals surface area contributed by atoms with E-state index in [1.807, 2.05) is 19.9 Å². The number of thioether (sulfide) groups is 1. The van der Waals surface area contributed by atoms with Gasteiger partial charge in [-0.1, -0.05) is 30.0 Å². The molecule has 10 heteroatoms. The van der Waals surface area contributed by atoms with Crippen LogP contribution in [-0.4, -0.2) is 26.6 Å². The first kappa shape index (κ1) is 21.3. The number of hydrogen-bond donors (Lipinski definition) is 1. The number of aromatic nitrogens is 3. The summed E-state index contributed by atoms with van der Waals surface area (Å²) >= 11 is 2.46. The van der Waals surface area contributed by atoms with Crippen molar-refractivity contribution >= 4 is 34.1 Å². The quantitative estimate of drug-likeness (QED) is 0.438. The highest BCUT2D eigenvalue weighted by Gasteiger charge is 2.30. The van der Waals surface area contributed by atoms with Gasteiger partial charge in [0.1, 0.15) is 0 Å². The zero-order chi connectivity index (χ0) is 21.0. The van der Waals surface area contributed by atoms with Crippen LogP contribution >= 0.6 is 23.1 Å². The number of thiazole rings is 1. The van der Waals surface area contributed by atoms with E-state index in [-0.39, 0.29) is 11.7 Å². The van der Waals surface area contributed by atoms with Gasteiger partial charge in [0.05, 0.1) is 11.3 Å². The number of aryl methyl sites for hydroxylation is 2. The molecule has 2 heterocycles. The van der Waals surface area contributed by atoms with Crippen LogP contribution in [0.4, 0.5) is 18.3 Å². The van der Waals surface area contributed by atoms with Gasteiger partial charge in [0.25, 0.3) is 0 Å². The molecular formula is C19H17F3N4OS2. The van der Waals surface area contributed by atoms with E-state index in [0.717, 1.165) is 28.4 Å². The Hall–Kier alpha value is -2.46. The van der Waals surface area contributed by atoms with Gasteiger partial charge < -0.3 is 5.32 Å². The summed E-state index contributed by atoms with van der Waals surface area (Å²) in [6, 6.07) is 7.03. The number of carbonyl (C=O) groups excluding carboxylic acids is 1. The number of nitrogens with one attached hydrogen (secondary N) is 1. The highest BCUT2D eigenvalue weighted by Crippen LogP contribution is 2.30. The highest BCUT2D eigenvalue weighted by molar-refractivity contribution is 7.99. The number of benzene rings is 1. The predicted octanol–water partition coefficient (Wildman–Crippen LogP) is 4.89. The van der Waals surface area contributed by atoms with Crippen molar-refractivity contribution in [3.8, 4) is 0 Å². The molecule has 29 heavy (non-hydrogen) atoms. The second-order valence-electron chi connectivity index (χ2n) is 6.28. The Balaban J connectivity index is 1.56. The van der Waals surface area contributed by atoms with Crippen LogP contribution in [0.3, 0.4) is 0 Å². The lowest BCUT2D eigenvalue weighted by Gasteiger charge is -2.07. The summed E-state index contributed by atoms with van der Waals surface area (Å²) in [6.07, 6.45) is -2.51. The number of amides is 1. The molecule has 3 aromatic rings. The summed E-state index contributed by atoms with van der Waals surface area (Å²) in [6.45, 7) is 3.72. The van der Waals surface area contributed by atoms with Crippen molar-refractivity contribution in [2.24, 2.45) is 0 Å². The topological polar surface area (TPSA) is 67.8 Å². The predicted molar refractivity (Wildman–Crippen MR) is 107 cm³/mol. The lowest BCUT2D eigenvalue weighted by atomic mass is 10.1. The first-order chi connectivity index (χ1) is 13.7. The molecule has 0 spiro atoms. The molecule has 1 aromatic carbocycles. The molecule has 0 fully saturated rings. The van der Waals surface area contributed by atoms with Crippen molar-refractivity contribution in [2.75, 3.05) is 11.1 Å². The molecule has 1 amide bonds. The van der Waals surface area contributed by atoms with Gasteiger partial charge in [-0.05, 0) is 31.5 Å². The molecule has 152 valence electrons. The smallest absolute Gasteiger partial charge is 0.301 e. The van der Waals surface area contributed by atoms with E-state index >= 15 is 0 Å². The zero-order valence-electron chi connectivity index (χ0n) is 15.6. The van der Waals surface area contributed by atoms with Crippen LogP contribution in [0.2, 0.25) is 0 Å². The monoisotopic (exact) mass is 438 g/mol. The summed E-state index contributed by atoms with van der Waals surface area (Å²) in [4.78, 5) is 25.6. The number of carbonyl (C=O) groups is 1. The summed E-state index contributed by atoms with van der Waals surface area (Å²) in [5.74, 6) is -0.122. The van der Waals surface area contributed by atoms with Gasteiger partial charge in [0.15, 0.2) is 10.3 Å². The Bertz CT molecular complexity index is 1000. The average Bonchev–Trinajstić information content (AvgIpc) is 3.05. The fraction of sp³-hybridized carbons (Fsp3) is 0.263. The summed E-state index contributed by atoms with van der Waals surface area (Å²) in [7, 11) is 0. The van der Waals surface area contributed by atoms with Crippen LogP contribution in [0, 0.1) is 13.8 Å². The van der Waals surface area contributed by atoms with E-state index in [2.05, 4.69) is 20.3 Å². The van der Waals surface area contributed by atoms with Crippen molar-refractivity contribution in [3.05, 3.63) is 63.9 Å². The van der Waals surface area contributed by atoms with Gasteiger partial charge >= 0.3 is 6.18 Å². The van der Waals surface area contributed by atoms with E-state index < -0.39 is 11.7 Å². The second kappa shape index (κ2) is 8.91. The minimum atomic E-state index is -4.37. The Morgan fingerprint density at radius 1 is 1.17 bits per heavy atom. The molecule has 0 aliphatic rings. The van der Waals surface area contributed by atoms with Crippen LogP contribution in [0.15, 0.2) is 41.7 Å². The average molecular weight is 439 g/mol. The maximum Gasteiger partial charge on any atom is 0.416 e. The minimum Gasteiger partial charge on any atom is -0.301 e. The van der Waals surface area contributed by atoms with Crippen LogP contribution in [0.1, 0.15) is 27.4 Å². The minimum absolute atomic E-state index is 0.130. The van der Waals surface area contributed by atoms with Crippen molar-refractivity contribution in [3.63, 3.8) is 0 Å². The Labute approximate surface area is 173 Å². The summed E-state index contributed by atoms with van der Waals surface area (Å²) < 4.78 is 38.5. The van der Waals surface area contributed by atoms with Crippen molar-refractivity contribution in [2.45, 2.75) is 31.6 Å². The van der Waals surface area contributed by atoms with Gasteiger partial charge in [-0.2, -0.15) is 13.2 Å². The molecular weight excluding hydrogens is 421 g/mol. The fourth-order valence-corrected chi connectivity index (χ4v) is 4.16. The molecule has 0 unspecified atom stereocenters. The number of anilines is 1. The number of hydrogen-bond acceptors (Lipinski definition) is 6. The molecule has 0 aliphatic heterocycles.